The SMILES string of the molecule is COC(=O)[C@@H]1CC2(CCCO2)CN1. The van der Waals surface area contributed by atoms with Crippen molar-refractivity contribution in [1.29, 1.82) is 0 Å². The molecule has 0 aliphatic carbocycles. The van der Waals surface area contributed by atoms with Crippen LogP contribution in [0.4, 0.5) is 0 Å². The van der Waals surface area contributed by atoms with Crippen molar-refractivity contribution in [3.8, 4) is 0 Å². The number of esters is 1. The molecular formula is C9H15NO3. The molecule has 0 bridgehead atoms. The Morgan fingerprint density at radius 3 is 3.15 bits per heavy atom. The second-order valence-electron chi connectivity index (χ2n) is 3.80. The third-order valence-electron chi connectivity index (χ3n) is 2.92. The first-order valence-electron chi connectivity index (χ1n) is 4.71. The third kappa shape index (κ3) is 1.56. The average molecular weight is 185 g/mol. The van der Waals surface area contributed by atoms with E-state index in [9.17, 15) is 4.79 Å². The van der Waals surface area contributed by atoms with E-state index in [1.54, 1.807) is 0 Å². The molecule has 2 rings (SSSR count). The van der Waals surface area contributed by atoms with Crippen molar-refractivity contribution in [1.82, 2.24) is 5.32 Å². The lowest BCUT2D eigenvalue weighted by atomic mass is 9.97. The highest BCUT2D eigenvalue weighted by Gasteiger charge is 2.44. The van der Waals surface area contributed by atoms with Crippen LogP contribution in [0.5, 0.6) is 0 Å². The summed E-state index contributed by atoms with van der Waals surface area (Å²) in [5.74, 6) is -0.174. The summed E-state index contributed by atoms with van der Waals surface area (Å²) < 4.78 is 10.3. The quantitative estimate of drug-likeness (QED) is 0.587. The van der Waals surface area contributed by atoms with Gasteiger partial charge >= 0.3 is 5.97 Å². The Morgan fingerprint density at radius 1 is 1.69 bits per heavy atom. The van der Waals surface area contributed by atoms with Crippen LogP contribution in [0.3, 0.4) is 0 Å². The molecule has 2 heterocycles. The summed E-state index contributed by atoms with van der Waals surface area (Å²) in [6.45, 7) is 1.61. The number of rotatable bonds is 1. The Kier molecular flexibility index (Phi) is 2.26. The normalized spacial score (nSPS) is 38.4. The van der Waals surface area contributed by atoms with Gasteiger partial charge in [0.05, 0.1) is 12.7 Å². The van der Waals surface area contributed by atoms with E-state index in [-0.39, 0.29) is 17.6 Å². The Labute approximate surface area is 77.6 Å². The zero-order valence-corrected chi connectivity index (χ0v) is 7.84. The minimum atomic E-state index is -0.174. The number of hydrogen-bond donors (Lipinski definition) is 1. The van der Waals surface area contributed by atoms with E-state index in [0.29, 0.717) is 0 Å². The van der Waals surface area contributed by atoms with Gasteiger partial charge in [0.2, 0.25) is 0 Å². The predicted octanol–water partition coefficient (Wildman–Crippen LogP) is 0.0705. The minimum absolute atomic E-state index is 0.0706. The van der Waals surface area contributed by atoms with Gasteiger partial charge in [-0.3, -0.25) is 4.79 Å². The van der Waals surface area contributed by atoms with Gasteiger partial charge in [-0.1, -0.05) is 0 Å². The van der Waals surface area contributed by atoms with Gasteiger partial charge < -0.3 is 14.8 Å². The lowest BCUT2D eigenvalue weighted by Gasteiger charge is -2.20. The first kappa shape index (κ1) is 8.97. The van der Waals surface area contributed by atoms with Crippen molar-refractivity contribution in [2.24, 2.45) is 0 Å². The average Bonchev–Trinajstić information content (AvgIpc) is 2.76. The van der Waals surface area contributed by atoms with Crippen molar-refractivity contribution < 1.29 is 14.3 Å². The molecule has 0 saturated carbocycles. The fraction of sp³-hybridized carbons (Fsp3) is 0.889. The summed E-state index contributed by atoms with van der Waals surface area (Å²) in [6, 6.07) is -0.164. The highest BCUT2D eigenvalue weighted by molar-refractivity contribution is 5.76. The van der Waals surface area contributed by atoms with Crippen molar-refractivity contribution in [3.05, 3.63) is 0 Å². The second-order valence-corrected chi connectivity index (χ2v) is 3.80. The number of ether oxygens (including phenoxy) is 2. The van der Waals surface area contributed by atoms with Gasteiger partial charge in [-0.15, -0.1) is 0 Å². The molecule has 2 aliphatic rings. The third-order valence-corrected chi connectivity index (χ3v) is 2.92. The maximum Gasteiger partial charge on any atom is 0.322 e. The lowest BCUT2D eigenvalue weighted by molar-refractivity contribution is -0.143. The van der Waals surface area contributed by atoms with Crippen molar-refractivity contribution in [3.63, 3.8) is 0 Å². The van der Waals surface area contributed by atoms with E-state index in [1.165, 1.54) is 7.11 Å². The van der Waals surface area contributed by atoms with Crippen molar-refractivity contribution in [2.75, 3.05) is 20.3 Å². The first-order valence-corrected chi connectivity index (χ1v) is 4.71. The summed E-state index contributed by atoms with van der Waals surface area (Å²) in [4.78, 5) is 11.2. The van der Waals surface area contributed by atoms with Crippen LogP contribution in [0.2, 0.25) is 0 Å². The van der Waals surface area contributed by atoms with E-state index < -0.39 is 0 Å². The Bertz CT molecular complexity index is 211. The molecule has 2 saturated heterocycles. The number of nitrogens with one attached hydrogen (secondary N) is 1. The molecule has 13 heavy (non-hydrogen) atoms. The maximum atomic E-state index is 11.2. The Hall–Kier alpha value is -0.610. The Balaban J connectivity index is 1.96. The molecule has 1 N–H and O–H groups in total. The molecular weight excluding hydrogens is 170 g/mol. The molecule has 0 aromatic heterocycles. The fourth-order valence-electron chi connectivity index (χ4n) is 2.19. The molecule has 74 valence electrons. The second kappa shape index (κ2) is 3.27. The van der Waals surface area contributed by atoms with Gasteiger partial charge in [-0.2, -0.15) is 0 Å². The number of carbonyl (C=O) groups excluding carboxylic acids is 1. The predicted molar refractivity (Wildman–Crippen MR) is 46.3 cm³/mol. The smallest absolute Gasteiger partial charge is 0.322 e. The molecule has 2 fully saturated rings. The molecule has 0 amide bonds. The van der Waals surface area contributed by atoms with Gasteiger partial charge in [0.15, 0.2) is 0 Å². The van der Waals surface area contributed by atoms with Gasteiger partial charge in [0.1, 0.15) is 6.04 Å². The van der Waals surface area contributed by atoms with Crippen LogP contribution < -0.4 is 5.32 Å². The van der Waals surface area contributed by atoms with E-state index in [4.69, 9.17) is 4.74 Å². The molecule has 4 heteroatoms. The van der Waals surface area contributed by atoms with Crippen molar-refractivity contribution in [2.45, 2.75) is 30.9 Å². The van der Waals surface area contributed by atoms with Crippen molar-refractivity contribution >= 4 is 5.97 Å². The van der Waals surface area contributed by atoms with Gasteiger partial charge in [0.25, 0.3) is 0 Å². The largest absolute Gasteiger partial charge is 0.468 e. The molecule has 2 atom stereocenters. The zero-order chi connectivity index (χ0) is 9.31. The fourth-order valence-corrected chi connectivity index (χ4v) is 2.19. The van der Waals surface area contributed by atoms with E-state index in [1.807, 2.05) is 0 Å². The van der Waals surface area contributed by atoms with E-state index >= 15 is 0 Å². The van der Waals surface area contributed by atoms with Crippen LogP contribution in [0.1, 0.15) is 19.3 Å². The van der Waals surface area contributed by atoms with Crippen LogP contribution >= 0.6 is 0 Å². The number of methoxy groups -OCH3 is 1. The highest BCUT2D eigenvalue weighted by atomic mass is 16.5. The van der Waals surface area contributed by atoms with Crippen LogP contribution in [0.25, 0.3) is 0 Å². The summed E-state index contributed by atoms with van der Waals surface area (Å²) in [5.41, 5.74) is -0.0706. The lowest BCUT2D eigenvalue weighted by Crippen LogP contribution is -2.31. The molecule has 0 aromatic rings. The van der Waals surface area contributed by atoms with Gasteiger partial charge in [0, 0.05) is 19.6 Å². The van der Waals surface area contributed by atoms with Crippen LogP contribution in [-0.4, -0.2) is 37.9 Å². The monoisotopic (exact) mass is 185 g/mol. The first-order chi connectivity index (χ1) is 6.26. The summed E-state index contributed by atoms with van der Waals surface area (Å²) in [7, 11) is 1.42. The topological polar surface area (TPSA) is 47.6 Å². The Morgan fingerprint density at radius 2 is 2.54 bits per heavy atom. The van der Waals surface area contributed by atoms with Crippen LogP contribution in [0, 0.1) is 0 Å². The minimum Gasteiger partial charge on any atom is -0.468 e. The zero-order valence-electron chi connectivity index (χ0n) is 7.84. The molecule has 4 nitrogen and oxygen atoms in total. The number of carbonyl (C=O) groups is 1. The van der Waals surface area contributed by atoms with E-state index in [0.717, 1.165) is 32.4 Å². The summed E-state index contributed by atoms with van der Waals surface area (Å²) >= 11 is 0. The van der Waals surface area contributed by atoms with E-state index in [2.05, 4.69) is 10.1 Å². The molecule has 1 spiro atoms. The van der Waals surface area contributed by atoms with Gasteiger partial charge in [-0.05, 0) is 12.8 Å². The number of hydrogen-bond acceptors (Lipinski definition) is 4. The summed E-state index contributed by atoms with van der Waals surface area (Å²) in [5, 5.41) is 3.14. The molecule has 2 aliphatic heterocycles. The summed E-state index contributed by atoms with van der Waals surface area (Å²) in [6.07, 6.45) is 2.93. The molecule has 1 unspecified atom stereocenters. The standard InChI is InChI=1S/C9H15NO3/c1-12-8(11)7-5-9(6-10-7)3-2-4-13-9/h7,10H,2-6H2,1H3/t7-,9?/m0/s1. The molecule has 0 radical (unpaired) electrons. The van der Waals surface area contributed by atoms with Crippen LogP contribution in [0.15, 0.2) is 0 Å². The molecule has 0 aromatic carbocycles. The maximum absolute atomic E-state index is 11.2. The van der Waals surface area contributed by atoms with Gasteiger partial charge in [-0.25, -0.2) is 0 Å². The van der Waals surface area contributed by atoms with Crippen LogP contribution in [-0.2, 0) is 14.3 Å². The highest BCUT2D eigenvalue weighted by Crippen LogP contribution is 2.33.